The molecule has 0 bridgehead atoms. The molecule has 0 spiro atoms. The van der Waals surface area contributed by atoms with Crippen LogP contribution < -0.4 is 0 Å². The lowest BCUT2D eigenvalue weighted by molar-refractivity contribution is -0.134. The number of methoxy groups -OCH3 is 1. The van der Waals surface area contributed by atoms with E-state index in [0.717, 1.165) is 16.7 Å². The highest BCUT2D eigenvalue weighted by molar-refractivity contribution is 5.81. The molecule has 0 saturated heterocycles. The van der Waals surface area contributed by atoms with Crippen molar-refractivity contribution in [3.05, 3.63) is 90.0 Å². The normalized spacial score (nSPS) is 11.9. The molecule has 0 aliphatic carbocycles. The lowest BCUT2D eigenvalue weighted by Gasteiger charge is -2.11. The summed E-state index contributed by atoms with van der Waals surface area (Å²) in [5.74, 6) is -0.410. The predicted octanol–water partition coefficient (Wildman–Crippen LogP) is 3.99. The summed E-state index contributed by atoms with van der Waals surface area (Å²) in [7, 11) is 1.33. The van der Waals surface area contributed by atoms with Crippen molar-refractivity contribution in [3.63, 3.8) is 0 Å². The number of carbonyl (C=O) groups is 1. The highest BCUT2D eigenvalue weighted by Crippen LogP contribution is 2.24. The van der Waals surface area contributed by atoms with Gasteiger partial charge in [0.25, 0.3) is 0 Å². The molecule has 1 atom stereocenters. The molecule has 0 aromatic heterocycles. The van der Waals surface area contributed by atoms with Crippen LogP contribution in [-0.2, 0) is 9.53 Å². The largest absolute Gasteiger partial charge is 0.466 e. The Balaban J connectivity index is 2.12. The van der Waals surface area contributed by atoms with Gasteiger partial charge in [0.05, 0.1) is 13.2 Å². The van der Waals surface area contributed by atoms with Crippen LogP contribution in [0.2, 0.25) is 0 Å². The number of ether oxygens (including phenoxy) is 1. The predicted molar refractivity (Wildman–Crippen MR) is 96.4 cm³/mol. The van der Waals surface area contributed by atoms with Gasteiger partial charge in [0.1, 0.15) is 0 Å². The number of aliphatic hydroxyl groups excluding tert-OH is 1. The van der Waals surface area contributed by atoms with Crippen molar-refractivity contribution in [2.45, 2.75) is 18.9 Å². The molecule has 0 heterocycles. The van der Waals surface area contributed by atoms with Gasteiger partial charge in [0, 0.05) is 6.08 Å². The fourth-order valence-electron chi connectivity index (χ4n) is 2.38. The van der Waals surface area contributed by atoms with Crippen molar-refractivity contribution in [1.29, 1.82) is 0 Å². The van der Waals surface area contributed by atoms with Crippen LogP contribution in [0, 0.1) is 0 Å². The minimum atomic E-state index is -0.548. The Bertz CT molecular complexity index is 646. The molecule has 0 fully saturated rings. The summed E-state index contributed by atoms with van der Waals surface area (Å²) in [6.07, 6.45) is 5.37. The number of aliphatic hydroxyl groups is 1. The molecule has 0 saturated carbocycles. The molecule has 0 radical (unpaired) electrons. The second kappa shape index (κ2) is 9.48. The molecule has 0 amide bonds. The first-order valence-corrected chi connectivity index (χ1v) is 7.94. The van der Waals surface area contributed by atoms with Crippen LogP contribution in [-0.4, -0.2) is 24.3 Å². The Labute approximate surface area is 142 Å². The van der Waals surface area contributed by atoms with E-state index in [4.69, 9.17) is 0 Å². The molecule has 0 unspecified atom stereocenters. The van der Waals surface area contributed by atoms with Crippen LogP contribution in [0.1, 0.15) is 24.0 Å². The summed E-state index contributed by atoms with van der Waals surface area (Å²) >= 11 is 0. The molecule has 3 heteroatoms. The first kappa shape index (κ1) is 17.7. The number of rotatable bonds is 7. The maximum atomic E-state index is 11.0. The highest BCUT2D eigenvalue weighted by Gasteiger charge is 2.06. The quantitative estimate of drug-likeness (QED) is 0.619. The number of esters is 1. The Kier molecular flexibility index (Phi) is 6.99. The molecule has 2 aromatic rings. The third kappa shape index (κ3) is 5.52. The van der Waals surface area contributed by atoms with Crippen LogP contribution in [0.15, 0.2) is 78.9 Å². The summed E-state index contributed by atoms with van der Waals surface area (Å²) < 4.78 is 4.53. The van der Waals surface area contributed by atoms with Crippen molar-refractivity contribution in [2.75, 3.05) is 7.11 Å². The number of carbonyl (C=O) groups excluding carboxylic acids is 1. The first-order valence-electron chi connectivity index (χ1n) is 7.94. The monoisotopic (exact) mass is 322 g/mol. The van der Waals surface area contributed by atoms with Crippen LogP contribution in [0.5, 0.6) is 0 Å². The van der Waals surface area contributed by atoms with Crippen molar-refractivity contribution < 1.29 is 14.6 Å². The Morgan fingerprint density at radius 3 is 2.04 bits per heavy atom. The molecular formula is C21H22O3. The fraction of sp³-hybridized carbons (Fsp3) is 0.190. The molecule has 1 N–H and O–H groups in total. The van der Waals surface area contributed by atoms with Crippen molar-refractivity contribution in [1.82, 2.24) is 0 Å². The standard InChI is InChI=1S/C21H22O3/c1-24-21(23)14-8-13-19(22)15-16-20(17-9-4-2-5-10-17)18-11-6-3-7-12-18/h2-12,14,16,19,22H,13,15H2,1H3/b14-8+/t19-/m0/s1. The Hall–Kier alpha value is -2.65. The topological polar surface area (TPSA) is 46.5 Å². The molecule has 2 aromatic carbocycles. The third-order valence-corrected chi connectivity index (χ3v) is 3.63. The van der Waals surface area contributed by atoms with Crippen LogP contribution in [0.25, 0.3) is 5.57 Å². The van der Waals surface area contributed by atoms with Crippen LogP contribution in [0.4, 0.5) is 0 Å². The summed E-state index contributed by atoms with van der Waals surface area (Å²) in [5, 5.41) is 10.1. The van der Waals surface area contributed by atoms with E-state index in [0.29, 0.717) is 12.8 Å². The lowest BCUT2D eigenvalue weighted by Crippen LogP contribution is -2.04. The zero-order valence-corrected chi connectivity index (χ0v) is 13.8. The van der Waals surface area contributed by atoms with E-state index >= 15 is 0 Å². The van der Waals surface area contributed by atoms with Gasteiger partial charge in [0.2, 0.25) is 0 Å². The average Bonchev–Trinajstić information content (AvgIpc) is 2.63. The van der Waals surface area contributed by atoms with Crippen molar-refractivity contribution >= 4 is 11.5 Å². The maximum absolute atomic E-state index is 11.0. The zero-order chi connectivity index (χ0) is 17.2. The first-order chi connectivity index (χ1) is 11.7. The number of benzene rings is 2. The minimum Gasteiger partial charge on any atom is -0.466 e. The van der Waals surface area contributed by atoms with E-state index in [-0.39, 0.29) is 0 Å². The second-order valence-electron chi connectivity index (χ2n) is 5.40. The van der Waals surface area contributed by atoms with E-state index in [1.807, 2.05) is 42.5 Å². The smallest absolute Gasteiger partial charge is 0.330 e. The summed E-state index contributed by atoms with van der Waals surface area (Å²) in [4.78, 5) is 11.0. The maximum Gasteiger partial charge on any atom is 0.330 e. The van der Waals surface area contributed by atoms with E-state index in [2.05, 4.69) is 29.0 Å². The van der Waals surface area contributed by atoms with Gasteiger partial charge in [-0.1, -0.05) is 72.8 Å². The Morgan fingerprint density at radius 2 is 1.54 bits per heavy atom. The molecule has 3 nitrogen and oxygen atoms in total. The van der Waals surface area contributed by atoms with E-state index in [1.165, 1.54) is 13.2 Å². The molecular weight excluding hydrogens is 300 g/mol. The van der Waals surface area contributed by atoms with Gasteiger partial charge in [-0.05, 0) is 29.5 Å². The van der Waals surface area contributed by atoms with E-state index < -0.39 is 12.1 Å². The van der Waals surface area contributed by atoms with Crippen LogP contribution in [0.3, 0.4) is 0 Å². The molecule has 2 rings (SSSR count). The fourth-order valence-corrected chi connectivity index (χ4v) is 2.38. The second-order valence-corrected chi connectivity index (χ2v) is 5.40. The highest BCUT2D eigenvalue weighted by atomic mass is 16.5. The van der Waals surface area contributed by atoms with Crippen LogP contribution >= 0.6 is 0 Å². The third-order valence-electron chi connectivity index (χ3n) is 3.63. The Morgan fingerprint density at radius 1 is 1.00 bits per heavy atom. The summed E-state index contributed by atoms with van der Waals surface area (Å²) in [6, 6.07) is 20.2. The van der Waals surface area contributed by atoms with Gasteiger partial charge in [-0.15, -0.1) is 0 Å². The van der Waals surface area contributed by atoms with E-state index in [1.54, 1.807) is 6.08 Å². The number of hydrogen-bond donors (Lipinski definition) is 1. The molecule has 0 aliphatic rings. The van der Waals surface area contributed by atoms with Gasteiger partial charge in [-0.3, -0.25) is 0 Å². The summed E-state index contributed by atoms with van der Waals surface area (Å²) in [5.41, 5.74) is 3.31. The van der Waals surface area contributed by atoms with Crippen molar-refractivity contribution in [2.24, 2.45) is 0 Å². The lowest BCUT2D eigenvalue weighted by atomic mass is 9.96. The van der Waals surface area contributed by atoms with Gasteiger partial charge in [0.15, 0.2) is 0 Å². The van der Waals surface area contributed by atoms with Gasteiger partial charge in [-0.2, -0.15) is 0 Å². The summed E-state index contributed by atoms with van der Waals surface area (Å²) in [6.45, 7) is 0. The SMILES string of the molecule is COC(=O)/C=C/C[C@H](O)CC=C(c1ccccc1)c1ccccc1. The zero-order valence-electron chi connectivity index (χ0n) is 13.8. The molecule has 124 valence electrons. The number of hydrogen-bond acceptors (Lipinski definition) is 3. The van der Waals surface area contributed by atoms with Gasteiger partial charge >= 0.3 is 5.97 Å². The minimum absolute atomic E-state index is 0.405. The molecule has 0 aliphatic heterocycles. The van der Waals surface area contributed by atoms with Crippen molar-refractivity contribution in [3.8, 4) is 0 Å². The van der Waals surface area contributed by atoms with E-state index in [9.17, 15) is 9.90 Å². The average molecular weight is 322 g/mol. The molecule has 24 heavy (non-hydrogen) atoms. The van der Waals surface area contributed by atoms with Gasteiger partial charge in [-0.25, -0.2) is 4.79 Å². The van der Waals surface area contributed by atoms with Gasteiger partial charge < -0.3 is 9.84 Å².